The van der Waals surface area contributed by atoms with Gasteiger partial charge in [-0.05, 0) is 31.9 Å². The lowest BCUT2D eigenvalue weighted by atomic mass is 10.0. The van der Waals surface area contributed by atoms with Gasteiger partial charge in [0, 0.05) is 18.2 Å². The number of carbonyl (C=O) groups excluding carboxylic acids is 1. The molecule has 19 heavy (non-hydrogen) atoms. The monoisotopic (exact) mass is 260 g/mol. The third-order valence-electron chi connectivity index (χ3n) is 3.97. The molecule has 0 spiro atoms. The third kappa shape index (κ3) is 2.73. The van der Waals surface area contributed by atoms with Crippen molar-refractivity contribution in [2.45, 2.75) is 31.2 Å². The lowest BCUT2D eigenvalue weighted by molar-refractivity contribution is -0.122. The topological polar surface area (TPSA) is 50.4 Å². The minimum Gasteiger partial charge on any atom is -0.492 e. The van der Waals surface area contributed by atoms with Crippen molar-refractivity contribution < 1.29 is 9.53 Å². The summed E-state index contributed by atoms with van der Waals surface area (Å²) in [4.78, 5) is 12.2. The standard InChI is InChI=1S/C15H20N2O2/c18-15(17-9-7-11-4-3-8-16-11)13-10-19-14-6-2-1-5-12(13)14/h1-2,5-6,11,13,16H,3-4,7-10H2,(H,17,18)/t11-,13?/m0/s1. The van der Waals surface area contributed by atoms with Crippen LogP contribution in [0.2, 0.25) is 0 Å². The van der Waals surface area contributed by atoms with Crippen molar-refractivity contribution in [3.63, 3.8) is 0 Å². The molecule has 2 N–H and O–H groups in total. The first-order valence-corrected chi connectivity index (χ1v) is 7.07. The second kappa shape index (κ2) is 5.61. The Balaban J connectivity index is 1.51. The van der Waals surface area contributed by atoms with Gasteiger partial charge in [-0.3, -0.25) is 4.79 Å². The molecule has 0 bridgehead atoms. The Morgan fingerprint density at radius 1 is 1.42 bits per heavy atom. The number of carbonyl (C=O) groups is 1. The van der Waals surface area contributed by atoms with Gasteiger partial charge in [0.2, 0.25) is 5.91 Å². The van der Waals surface area contributed by atoms with Gasteiger partial charge in [0.05, 0.1) is 0 Å². The minimum absolute atomic E-state index is 0.0861. The van der Waals surface area contributed by atoms with E-state index >= 15 is 0 Å². The molecule has 2 heterocycles. The number of rotatable bonds is 4. The number of amides is 1. The summed E-state index contributed by atoms with van der Waals surface area (Å²) < 4.78 is 5.54. The Hall–Kier alpha value is -1.55. The Morgan fingerprint density at radius 3 is 3.16 bits per heavy atom. The van der Waals surface area contributed by atoms with Gasteiger partial charge in [0.25, 0.3) is 0 Å². The largest absolute Gasteiger partial charge is 0.492 e. The van der Waals surface area contributed by atoms with Gasteiger partial charge in [-0.15, -0.1) is 0 Å². The molecule has 1 aromatic carbocycles. The van der Waals surface area contributed by atoms with Gasteiger partial charge in [-0.1, -0.05) is 18.2 Å². The van der Waals surface area contributed by atoms with Crippen molar-refractivity contribution in [2.24, 2.45) is 0 Å². The van der Waals surface area contributed by atoms with Crippen LogP contribution in [0.5, 0.6) is 5.75 Å². The molecule has 0 aromatic heterocycles. The van der Waals surface area contributed by atoms with Crippen LogP contribution in [-0.4, -0.2) is 31.6 Å². The van der Waals surface area contributed by atoms with Crippen LogP contribution in [0.1, 0.15) is 30.7 Å². The van der Waals surface area contributed by atoms with E-state index in [2.05, 4.69) is 10.6 Å². The lowest BCUT2D eigenvalue weighted by Crippen LogP contribution is -2.34. The van der Waals surface area contributed by atoms with Crippen LogP contribution in [-0.2, 0) is 4.79 Å². The maximum Gasteiger partial charge on any atom is 0.231 e. The molecule has 4 heteroatoms. The van der Waals surface area contributed by atoms with E-state index < -0.39 is 0 Å². The fraction of sp³-hybridized carbons (Fsp3) is 0.533. The molecule has 0 radical (unpaired) electrons. The first-order chi connectivity index (χ1) is 9.34. The fourth-order valence-electron chi connectivity index (χ4n) is 2.88. The second-order valence-corrected chi connectivity index (χ2v) is 5.27. The van der Waals surface area contributed by atoms with Crippen molar-refractivity contribution in [2.75, 3.05) is 19.7 Å². The molecule has 1 amide bonds. The molecule has 1 aromatic rings. The van der Waals surface area contributed by atoms with E-state index in [1.807, 2.05) is 24.3 Å². The molecule has 2 aliphatic heterocycles. The van der Waals surface area contributed by atoms with Crippen molar-refractivity contribution >= 4 is 5.91 Å². The Morgan fingerprint density at radius 2 is 2.32 bits per heavy atom. The van der Waals surface area contributed by atoms with Gasteiger partial charge < -0.3 is 15.4 Å². The van der Waals surface area contributed by atoms with Crippen molar-refractivity contribution in [3.8, 4) is 5.75 Å². The second-order valence-electron chi connectivity index (χ2n) is 5.27. The maximum absolute atomic E-state index is 12.2. The zero-order valence-electron chi connectivity index (χ0n) is 11.0. The van der Waals surface area contributed by atoms with Crippen molar-refractivity contribution in [1.29, 1.82) is 0 Å². The van der Waals surface area contributed by atoms with E-state index in [1.165, 1.54) is 12.8 Å². The molecular formula is C15H20N2O2. The van der Waals surface area contributed by atoms with Gasteiger partial charge >= 0.3 is 0 Å². The molecule has 2 atom stereocenters. The normalized spacial score (nSPS) is 24.8. The zero-order chi connectivity index (χ0) is 13.1. The number of fused-ring (bicyclic) bond motifs is 1. The van der Waals surface area contributed by atoms with Crippen LogP contribution < -0.4 is 15.4 Å². The highest BCUT2D eigenvalue weighted by molar-refractivity contribution is 5.85. The smallest absolute Gasteiger partial charge is 0.231 e. The lowest BCUT2D eigenvalue weighted by Gasteiger charge is -2.13. The average molecular weight is 260 g/mol. The first-order valence-electron chi connectivity index (χ1n) is 7.07. The van der Waals surface area contributed by atoms with E-state index in [9.17, 15) is 4.79 Å². The summed E-state index contributed by atoms with van der Waals surface area (Å²) in [7, 11) is 0. The van der Waals surface area contributed by atoms with Crippen LogP contribution in [0.15, 0.2) is 24.3 Å². The SMILES string of the molecule is O=C(NCC[C@@H]1CCCN1)C1COc2ccccc21. The summed E-state index contributed by atoms with van der Waals surface area (Å²) in [6.07, 6.45) is 3.49. The molecule has 1 saturated heterocycles. The predicted octanol–water partition coefficient (Wildman–Crippen LogP) is 1.42. The highest BCUT2D eigenvalue weighted by atomic mass is 16.5. The average Bonchev–Trinajstić information content (AvgIpc) is 3.07. The Bertz CT molecular complexity index is 455. The van der Waals surface area contributed by atoms with Crippen LogP contribution >= 0.6 is 0 Å². The van der Waals surface area contributed by atoms with Crippen molar-refractivity contribution in [3.05, 3.63) is 29.8 Å². The van der Waals surface area contributed by atoms with Crippen LogP contribution in [0.4, 0.5) is 0 Å². The quantitative estimate of drug-likeness (QED) is 0.861. The number of hydrogen-bond donors (Lipinski definition) is 2. The molecule has 1 unspecified atom stereocenters. The van der Waals surface area contributed by atoms with Crippen molar-refractivity contribution in [1.82, 2.24) is 10.6 Å². The predicted molar refractivity (Wildman–Crippen MR) is 73.3 cm³/mol. The van der Waals surface area contributed by atoms with Crippen LogP contribution in [0.25, 0.3) is 0 Å². The van der Waals surface area contributed by atoms with E-state index in [0.29, 0.717) is 12.6 Å². The van der Waals surface area contributed by atoms with E-state index in [0.717, 1.165) is 30.8 Å². The van der Waals surface area contributed by atoms with Gasteiger partial charge in [-0.25, -0.2) is 0 Å². The van der Waals surface area contributed by atoms with Crippen LogP contribution in [0, 0.1) is 0 Å². The number of nitrogens with one attached hydrogen (secondary N) is 2. The Kier molecular flexibility index (Phi) is 3.69. The highest BCUT2D eigenvalue weighted by Crippen LogP contribution is 2.33. The third-order valence-corrected chi connectivity index (χ3v) is 3.97. The molecule has 2 aliphatic rings. The highest BCUT2D eigenvalue weighted by Gasteiger charge is 2.29. The van der Waals surface area contributed by atoms with Gasteiger partial charge in [0.15, 0.2) is 0 Å². The summed E-state index contributed by atoms with van der Waals surface area (Å²) in [5.41, 5.74) is 1.01. The van der Waals surface area contributed by atoms with E-state index in [-0.39, 0.29) is 11.8 Å². The minimum atomic E-state index is -0.146. The summed E-state index contributed by atoms with van der Waals surface area (Å²) in [5, 5.41) is 6.47. The van der Waals surface area contributed by atoms with E-state index in [4.69, 9.17) is 4.74 Å². The summed E-state index contributed by atoms with van der Waals surface area (Å²) in [6, 6.07) is 8.37. The number of para-hydroxylation sites is 1. The number of ether oxygens (including phenoxy) is 1. The maximum atomic E-state index is 12.2. The summed E-state index contributed by atoms with van der Waals surface area (Å²) >= 11 is 0. The summed E-state index contributed by atoms with van der Waals surface area (Å²) in [6.45, 7) is 2.32. The molecule has 0 aliphatic carbocycles. The summed E-state index contributed by atoms with van der Waals surface area (Å²) in [5.74, 6) is 0.788. The number of hydrogen-bond acceptors (Lipinski definition) is 3. The molecule has 1 fully saturated rings. The molecule has 102 valence electrons. The molecule has 3 rings (SSSR count). The van der Waals surface area contributed by atoms with Crippen LogP contribution in [0.3, 0.4) is 0 Å². The fourth-order valence-corrected chi connectivity index (χ4v) is 2.88. The zero-order valence-corrected chi connectivity index (χ0v) is 11.0. The Labute approximate surface area is 113 Å². The van der Waals surface area contributed by atoms with Gasteiger partial charge in [-0.2, -0.15) is 0 Å². The number of benzene rings is 1. The first kappa shape index (κ1) is 12.5. The molecule has 0 saturated carbocycles. The molecule has 4 nitrogen and oxygen atoms in total. The molecular weight excluding hydrogens is 240 g/mol. The van der Waals surface area contributed by atoms with Gasteiger partial charge in [0.1, 0.15) is 18.3 Å². The van der Waals surface area contributed by atoms with E-state index in [1.54, 1.807) is 0 Å².